The first-order valence-electron chi connectivity index (χ1n) is 12.7. The van der Waals surface area contributed by atoms with Gasteiger partial charge in [0.05, 0.1) is 22.9 Å². The van der Waals surface area contributed by atoms with E-state index in [1.807, 2.05) is 17.5 Å². The van der Waals surface area contributed by atoms with Gasteiger partial charge in [-0.1, -0.05) is 84.9 Å². The van der Waals surface area contributed by atoms with Crippen LogP contribution in [0.3, 0.4) is 0 Å². The van der Waals surface area contributed by atoms with E-state index in [1.54, 1.807) is 0 Å². The van der Waals surface area contributed by atoms with Crippen LogP contribution in [-0.2, 0) is 6.42 Å². The molecule has 0 fully saturated rings. The van der Waals surface area contributed by atoms with Gasteiger partial charge in [-0.2, -0.15) is 0 Å². The predicted octanol–water partition coefficient (Wildman–Crippen LogP) is 9.44. The van der Waals surface area contributed by atoms with Crippen LogP contribution in [0.1, 0.15) is 17.5 Å². The first-order chi connectivity index (χ1) is 18.3. The van der Waals surface area contributed by atoms with Crippen LogP contribution in [0.5, 0.6) is 0 Å². The lowest BCUT2D eigenvalue weighted by molar-refractivity contribution is 0.993. The minimum atomic E-state index is 0.912. The van der Waals surface area contributed by atoms with Crippen LogP contribution in [0.2, 0.25) is 0 Å². The second-order valence-corrected chi connectivity index (χ2v) is 10.8. The summed E-state index contributed by atoms with van der Waals surface area (Å²) >= 11 is 1.85. The van der Waals surface area contributed by atoms with Crippen LogP contribution < -0.4 is 0 Å². The number of allylic oxidation sites excluding steroid dienone is 1. The molecule has 0 N–H and O–H groups in total. The minimum Gasteiger partial charge on any atom is -0.252 e. The summed E-state index contributed by atoms with van der Waals surface area (Å²) in [6.07, 6.45) is 8.55. The largest absolute Gasteiger partial charge is 0.252 e. The highest BCUT2D eigenvalue weighted by atomic mass is 32.1. The average molecular weight is 491 g/mol. The summed E-state index contributed by atoms with van der Waals surface area (Å²) in [4.78, 5) is 10.3. The number of fused-ring (bicyclic) bond motifs is 9. The molecule has 2 aromatic heterocycles. The van der Waals surface area contributed by atoms with E-state index in [0.717, 1.165) is 35.1 Å². The average Bonchev–Trinajstić information content (AvgIpc) is 3.35. The molecule has 37 heavy (non-hydrogen) atoms. The van der Waals surface area contributed by atoms with E-state index in [0.29, 0.717) is 0 Å². The number of hydrogen-bond acceptors (Lipinski definition) is 3. The molecule has 0 unspecified atom stereocenters. The molecule has 0 aliphatic heterocycles. The molecule has 7 aromatic rings. The molecule has 0 amide bonds. The Labute approximate surface area is 218 Å². The second kappa shape index (κ2) is 8.09. The van der Waals surface area contributed by atoms with Crippen LogP contribution in [-0.4, -0.2) is 9.97 Å². The van der Waals surface area contributed by atoms with Crippen LogP contribution in [0.25, 0.3) is 70.4 Å². The summed E-state index contributed by atoms with van der Waals surface area (Å²) in [5.41, 5.74) is 9.05. The fraction of sp³-hybridized carbons (Fsp3) is 0.0588. The predicted molar refractivity (Wildman–Crippen MR) is 158 cm³/mol. The number of nitrogens with zero attached hydrogens (tertiary/aromatic N) is 2. The van der Waals surface area contributed by atoms with Crippen molar-refractivity contribution in [2.45, 2.75) is 12.8 Å². The highest BCUT2D eigenvalue weighted by Crippen LogP contribution is 2.40. The normalized spacial score (nSPS) is 13.1. The maximum absolute atomic E-state index is 5.29. The Morgan fingerprint density at radius 3 is 2.32 bits per heavy atom. The van der Waals surface area contributed by atoms with Gasteiger partial charge < -0.3 is 0 Å². The molecule has 0 spiro atoms. The monoisotopic (exact) mass is 490 g/mol. The van der Waals surface area contributed by atoms with Crippen molar-refractivity contribution in [2.24, 2.45) is 0 Å². The summed E-state index contributed by atoms with van der Waals surface area (Å²) in [7, 11) is 0. The Morgan fingerprint density at radius 1 is 0.649 bits per heavy atom. The maximum atomic E-state index is 5.29. The molecule has 0 saturated carbocycles. The van der Waals surface area contributed by atoms with Crippen molar-refractivity contribution in [1.82, 2.24) is 9.97 Å². The van der Waals surface area contributed by atoms with Crippen molar-refractivity contribution in [3.8, 4) is 22.4 Å². The van der Waals surface area contributed by atoms with Gasteiger partial charge in [0.1, 0.15) is 0 Å². The van der Waals surface area contributed by atoms with Crippen molar-refractivity contribution in [3.63, 3.8) is 0 Å². The van der Waals surface area contributed by atoms with E-state index in [9.17, 15) is 0 Å². The number of hydrogen-bond donors (Lipinski definition) is 0. The zero-order valence-electron chi connectivity index (χ0n) is 20.1. The molecule has 1 aliphatic carbocycles. The minimum absolute atomic E-state index is 0.912. The zero-order chi connectivity index (χ0) is 24.3. The van der Waals surface area contributed by atoms with Crippen molar-refractivity contribution < 1.29 is 0 Å². The first kappa shape index (κ1) is 20.8. The van der Waals surface area contributed by atoms with Gasteiger partial charge in [-0.15, -0.1) is 11.3 Å². The number of thiophene rings is 1. The molecule has 174 valence electrons. The maximum Gasteiger partial charge on any atom is 0.0975 e. The quantitative estimate of drug-likeness (QED) is 0.226. The third kappa shape index (κ3) is 3.18. The molecule has 0 bridgehead atoms. The second-order valence-electron chi connectivity index (χ2n) is 9.69. The van der Waals surface area contributed by atoms with Crippen molar-refractivity contribution >= 4 is 59.4 Å². The number of aromatic nitrogens is 2. The van der Waals surface area contributed by atoms with Crippen LogP contribution in [0, 0.1) is 0 Å². The standard InChI is InChI=1S/C34H22N2S/c1-4-12-25(22(9-1)21-17-18-32-29(19-21)26-13-7-8-16-31(26)37-32)30-20-35-33-27-14-5-2-10-23(27)24-11-3-6-15-28(24)34(33)36-30/h1-4,6-13,15-20H,5,14H2. The third-order valence-electron chi connectivity index (χ3n) is 7.59. The summed E-state index contributed by atoms with van der Waals surface area (Å²) in [6, 6.07) is 32.7. The molecule has 0 saturated heterocycles. The third-order valence-corrected chi connectivity index (χ3v) is 8.74. The molecule has 5 aromatic carbocycles. The van der Waals surface area contributed by atoms with Gasteiger partial charge in [0.2, 0.25) is 0 Å². The van der Waals surface area contributed by atoms with Gasteiger partial charge in [-0.05, 0) is 58.7 Å². The molecule has 0 radical (unpaired) electrons. The van der Waals surface area contributed by atoms with E-state index in [2.05, 4.69) is 103 Å². The summed E-state index contributed by atoms with van der Waals surface area (Å²) in [5, 5.41) is 5.05. The first-order valence-corrected chi connectivity index (χ1v) is 13.5. The topological polar surface area (TPSA) is 25.8 Å². The smallest absolute Gasteiger partial charge is 0.0975 e. The number of aryl methyl sites for hydroxylation is 1. The van der Waals surface area contributed by atoms with E-state index >= 15 is 0 Å². The Hall–Kier alpha value is -4.34. The summed E-state index contributed by atoms with van der Waals surface area (Å²) < 4.78 is 2.65. The number of benzene rings is 5. The Bertz CT molecular complexity index is 2050. The molecule has 1 aliphatic rings. The van der Waals surface area contributed by atoms with Crippen LogP contribution in [0.15, 0.2) is 103 Å². The molecular weight excluding hydrogens is 468 g/mol. The highest BCUT2D eigenvalue weighted by Gasteiger charge is 2.18. The van der Waals surface area contributed by atoms with E-state index < -0.39 is 0 Å². The van der Waals surface area contributed by atoms with Gasteiger partial charge in [-0.25, -0.2) is 4.98 Å². The molecular formula is C34H22N2S. The molecule has 3 heteroatoms. The van der Waals surface area contributed by atoms with Gasteiger partial charge in [0, 0.05) is 31.1 Å². The van der Waals surface area contributed by atoms with Crippen molar-refractivity contribution in [3.05, 3.63) is 114 Å². The fourth-order valence-corrected chi connectivity index (χ4v) is 6.95. The SMILES string of the molecule is C1=Cc2c(c3ncc(-c4ccccc4-c4ccc5sc6ccccc6c5c4)nc3c3ccccc23)CC1. The molecule has 2 nitrogen and oxygen atoms in total. The Kier molecular flexibility index (Phi) is 4.55. The van der Waals surface area contributed by atoms with Crippen molar-refractivity contribution in [1.29, 1.82) is 0 Å². The van der Waals surface area contributed by atoms with E-state index in [-0.39, 0.29) is 0 Å². The van der Waals surface area contributed by atoms with Gasteiger partial charge in [-0.3, -0.25) is 4.98 Å². The van der Waals surface area contributed by atoms with E-state index in [1.165, 1.54) is 53.2 Å². The lowest BCUT2D eigenvalue weighted by Gasteiger charge is -2.17. The Morgan fingerprint density at radius 2 is 1.41 bits per heavy atom. The Balaban J connectivity index is 1.36. The van der Waals surface area contributed by atoms with Crippen LogP contribution in [0.4, 0.5) is 0 Å². The van der Waals surface area contributed by atoms with Crippen LogP contribution >= 0.6 is 11.3 Å². The lowest BCUT2D eigenvalue weighted by atomic mass is 9.90. The summed E-state index contributed by atoms with van der Waals surface area (Å²) in [6.45, 7) is 0. The van der Waals surface area contributed by atoms with Gasteiger partial charge >= 0.3 is 0 Å². The summed E-state index contributed by atoms with van der Waals surface area (Å²) in [5.74, 6) is 0. The van der Waals surface area contributed by atoms with Gasteiger partial charge in [0.15, 0.2) is 0 Å². The highest BCUT2D eigenvalue weighted by molar-refractivity contribution is 7.25. The molecule has 8 rings (SSSR count). The molecule has 2 heterocycles. The van der Waals surface area contributed by atoms with Crippen molar-refractivity contribution in [2.75, 3.05) is 0 Å². The zero-order valence-corrected chi connectivity index (χ0v) is 20.9. The van der Waals surface area contributed by atoms with E-state index in [4.69, 9.17) is 9.97 Å². The van der Waals surface area contributed by atoms with Gasteiger partial charge in [0.25, 0.3) is 0 Å². The lowest BCUT2D eigenvalue weighted by Crippen LogP contribution is -2.01. The number of rotatable bonds is 2. The molecule has 0 atom stereocenters. The fourth-order valence-electron chi connectivity index (χ4n) is 5.87.